The quantitative estimate of drug-likeness (QED) is 0.758. The lowest BCUT2D eigenvalue weighted by molar-refractivity contribution is 0.0957. The lowest BCUT2D eigenvalue weighted by Gasteiger charge is -2.31. The summed E-state index contributed by atoms with van der Waals surface area (Å²) in [5, 5.41) is 5.84. The molecule has 1 aromatic carbocycles. The van der Waals surface area contributed by atoms with Crippen LogP contribution < -0.4 is 20.1 Å². The van der Waals surface area contributed by atoms with E-state index in [4.69, 9.17) is 14.2 Å². The molecule has 2 rings (SSSR count). The Bertz CT molecular complexity index is 630. The van der Waals surface area contributed by atoms with Crippen molar-refractivity contribution in [2.24, 2.45) is 0 Å². The number of nitrogens with one attached hydrogen (secondary N) is 2. The maximum atomic E-state index is 12.1. The molecular weight excluding hydrogens is 350 g/mol. The smallest absolute Gasteiger partial charge is 0.409 e. The molecular formula is C19H29N3O5. The Balaban J connectivity index is 1.69. The molecule has 0 bridgehead atoms. The lowest BCUT2D eigenvalue weighted by Crippen LogP contribution is -2.49. The summed E-state index contributed by atoms with van der Waals surface area (Å²) in [7, 11) is 3.20. The highest BCUT2D eigenvalue weighted by Gasteiger charge is 2.24. The van der Waals surface area contributed by atoms with E-state index in [0.29, 0.717) is 44.2 Å². The number of urea groups is 1. The van der Waals surface area contributed by atoms with Crippen molar-refractivity contribution in [3.05, 3.63) is 23.8 Å². The van der Waals surface area contributed by atoms with Gasteiger partial charge in [0.25, 0.3) is 0 Å². The average molecular weight is 379 g/mol. The molecule has 150 valence electrons. The summed E-state index contributed by atoms with van der Waals surface area (Å²) in [4.78, 5) is 25.4. The second kappa shape index (κ2) is 10.5. The van der Waals surface area contributed by atoms with Crippen LogP contribution in [-0.4, -0.2) is 63.5 Å². The summed E-state index contributed by atoms with van der Waals surface area (Å²) >= 11 is 0. The Morgan fingerprint density at radius 2 is 1.85 bits per heavy atom. The van der Waals surface area contributed by atoms with Crippen molar-refractivity contribution in [1.29, 1.82) is 0 Å². The molecule has 8 heteroatoms. The van der Waals surface area contributed by atoms with Crippen molar-refractivity contribution in [1.82, 2.24) is 15.5 Å². The van der Waals surface area contributed by atoms with Crippen molar-refractivity contribution < 1.29 is 23.8 Å². The number of nitrogens with zero attached hydrogens (tertiary/aromatic N) is 1. The molecule has 0 atom stereocenters. The van der Waals surface area contributed by atoms with Crippen LogP contribution in [0.3, 0.4) is 0 Å². The number of ether oxygens (including phenoxy) is 3. The third-order valence-electron chi connectivity index (χ3n) is 4.50. The van der Waals surface area contributed by atoms with Crippen LogP contribution in [-0.2, 0) is 11.2 Å². The fraction of sp³-hybridized carbons (Fsp3) is 0.579. The molecule has 8 nitrogen and oxygen atoms in total. The number of carbonyl (C=O) groups is 2. The lowest BCUT2D eigenvalue weighted by atomic mass is 10.1. The van der Waals surface area contributed by atoms with E-state index in [0.717, 1.165) is 18.4 Å². The van der Waals surface area contributed by atoms with Crippen LogP contribution >= 0.6 is 0 Å². The number of benzene rings is 1. The third-order valence-corrected chi connectivity index (χ3v) is 4.50. The van der Waals surface area contributed by atoms with Gasteiger partial charge in [-0.2, -0.15) is 0 Å². The first-order valence-electron chi connectivity index (χ1n) is 9.24. The minimum atomic E-state index is -0.282. The molecule has 0 unspecified atom stereocenters. The molecule has 0 saturated carbocycles. The van der Waals surface area contributed by atoms with Crippen molar-refractivity contribution in [3.63, 3.8) is 0 Å². The second-order valence-corrected chi connectivity index (χ2v) is 6.30. The average Bonchev–Trinajstić information content (AvgIpc) is 2.68. The normalized spacial score (nSPS) is 14.4. The van der Waals surface area contributed by atoms with Crippen LogP contribution in [0.15, 0.2) is 18.2 Å². The van der Waals surface area contributed by atoms with Crippen LogP contribution in [0.4, 0.5) is 9.59 Å². The molecule has 27 heavy (non-hydrogen) atoms. The van der Waals surface area contributed by atoms with Gasteiger partial charge in [0, 0.05) is 25.7 Å². The highest BCUT2D eigenvalue weighted by molar-refractivity contribution is 5.74. The summed E-state index contributed by atoms with van der Waals surface area (Å²) in [6, 6.07) is 5.59. The van der Waals surface area contributed by atoms with Gasteiger partial charge >= 0.3 is 12.1 Å². The molecule has 1 aliphatic rings. The molecule has 0 radical (unpaired) electrons. The molecule has 2 N–H and O–H groups in total. The predicted molar refractivity (Wildman–Crippen MR) is 101 cm³/mol. The second-order valence-electron chi connectivity index (χ2n) is 6.30. The van der Waals surface area contributed by atoms with E-state index in [1.54, 1.807) is 26.0 Å². The van der Waals surface area contributed by atoms with Gasteiger partial charge < -0.3 is 29.7 Å². The Morgan fingerprint density at radius 1 is 1.15 bits per heavy atom. The van der Waals surface area contributed by atoms with Crippen molar-refractivity contribution in [2.45, 2.75) is 32.2 Å². The first-order chi connectivity index (χ1) is 13.1. The SMILES string of the molecule is CCOC(=O)N1CCC(NC(=O)NCCc2ccc(OC)c(OC)c2)CC1. The fourth-order valence-corrected chi connectivity index (χ4v) is 3.01. The molecule has 1 saturated heterocycles. The van der Waals surface area contributed by atoms with Gasteiger partial charge in [-0.3, -0.25) is 0 Å². The van der Waals surface area contributed by atoms with Gasteiger partial charge in [-0.25, -0.2) is 9.59 Å². The van der Waals surface area contributed by atoms with E-state index < -0.39 is 0 Å². The monoisotopic (exact) mass is 379 g/mol. The molecule has 3 amide bonds. The minimum Gasteiger partial charge on any atom is -0.493 e. The summed E-state index contributed by atoms with van der Waals surface area (Å²) in [6.07, 6.45) is 1.86. The highest BCUT2D eigenvalue weighted by atomic mass is 16.6. The van der Waals surface area contributed by atoms with E-state index in [-0.39, 0.29) is 18.2 Å². The molecule has 0 aliphatic carbocycles. The molecule has 1 fully saturated rings. The molecule has 0 spiro atoms. The third kappa shape index (κ3) is 6.23. The number of carbonyl (C=O) groups excluding carboxylic acids is 2. The number of rotatable bonds is 7. The Hall–Kier alpha value is -2.64. The first-order valence-corrected chi connectivity index (χ1v) is 9.24. The predicted octanol–water partition coefficient (Wildman–Crippen LogP) is 2.17. The number of hydrogen-bond acceptors (Lipinski definition) is 5. The van der Waals surface area contributed by atoms with Gasteiger partial charge in [-0.15, -0.1) is 0 Å². The summed E-state index contributed by atoms with van der Waals surface area (Å²) in [6.45, 7) is 3.87. The fourth-order valence-electron chi connectivity index (χ4n) is 3.01. The van der Waals surface area contributed by atoms with E-state index in [9.17, 15) is 9.59 Å². The van der Waals surface area contributed by atoms with Crippen LogP contribution in [0.1, 0.15) is 25.3 Å². The Morgan fingerprint density at radius 3 is 2.48 bits per heavy atom. The van der Waals surface area contributed by atoms with Gasteiger partial charge in [-0.1, -0.05) is 6.07 Å². The summed E-state index contributed by atoms with van der Waals surface area (Å²) in [5.74, 6) is 1.36. The van der Waals surface area contributed by atoms with Crippen LogP contribution in [0, 0.1) is 0 Å². The van der Waals surface area contributed by atoms with Gasteiger partial charge in [0.1, 0.15) is 0 Å². The van der Waals surface area contributed by atoms with Gasteiger partial charge in [0.2, 0.25) is 0 Å². The zero-order valence-corrected chi connectivity index (χ0v) is 16.2. The van der Waals surface area contributed by atoms with E-state index >= 15 is 0 Å². The maximum absolute atomic E-state index is 12.1. The summed E-state index contributed by atoms with van der Waals surface area (Å²) in [5.41, 5.74) is 1.05. The van der Waals surface area contributed by atoms with Crippen molar-refractivity contribution in [2.75, 3.05) is 40.5 Å². The standard InChI is InChI=1S/C19H29N3O5/c1-4-27-19(24)22-11-8-15(9-12-22)21-18(23)20-10-7-14-5-6-16(25-2)17(13-14)26-3/h5-6,13,15H,4,7-12H2,1-3H3,(H2,20,21,23). The number of hydrogen-bond donors (Lipinski definition) is 2. The number of methoxy groups -OCH3 is 2. The number of piperidine rings is 1. The van der Waals surface area contributed by atoms with Crippen molar-refractivity contribution >= 4 is 12.1 Å². The van der Waals surface area contributed by atoms with E-state index in [1.807, 2.05) is 18.2 Å². The van der Waals surface area contributed by atoms with Gasteiger partial charge in [-0.05, 0) is 43.9 Å². The highest BCUT2D eigenvalue weighted by Crippen LogP contribution is 2.27. The minimum absolute atomic E-state index is 0.0664. The zero-order valence-electron chi connectivity index (χ0n) is 16.2. The molecule has 0 aromatic heterocycles. The Kier molecular flexibility index (Phi) is 8.03. The molecule has 1 aliphatic heterocycles. The largest absolute Gasteiger partial charge is 0.493 e. The van der Waals surface area contributed by atoms with E-state index in [2.05, 4.69) is 10.6 Å². The molecule has 1 aromatic rings. The first kappa shape index (κ1) is 20.7. The van der Waals surface area contributed by atoms with Crippen LogP contribution in [0.5, 0.6) is 11.5 Å². The van der Waals surface area contributed by atoms with Gasteiger partial charge in [0.05, 0.1) is 20.8 Å². The molecule has 1 heterocycles. The zero-order chi connectivity index (χ0) is 19.6. The van der Waals surface area contributed by atoms with E-state index in [1.165, 1.54) is 0 Å². The topological polar surface area (TPSA) is 89.1 Å². The van der Waals surface area contributed by atoms with Gasteiger partial charge in [0.15, 0.2) is 11.5 Å². The van der Waals surface area contributed by atoms with Crippen LogP contribution in [0.25, 0.3) is 0 Å². The maximum Gasteiger partial charge on any atom is 0.409 e. The van der Waals surface area contributed by atoms with Crippen LogP contribution in [0.2, 0.25) is 0 Å². The van der Waals surface area contributed by atoms with Crippen molar-refractivity contribution in [3.8, 4) is 11.5 Å². The number of amides is 3. The number of likely N-dealkylation sites (tertiary alicyclic amines) is 1. The summed E-state index contributed by atoms with van der Waals surface area (Å²) < 4.78 is 15.5. The Labute approximate surface area is 160 Å².